The second-order valence-corrected chi connectivity index (χ2v) is 10.3. The van der Waals surface area contributed by atoms with E-state index in [-0.39, 0.29) is 28.5 Å². The zero-order valence-electron chi connectivity index (χ0n) is 20.4. The third kappa shape index (κ3) is 6.78. The average molecular weight is 535 g/mol. The summed E-state index contributed by atoms with van der Waals surface area (Å²) in [7, 11) is 0. The van der Waals surface area contributed by atoms with Crippen LogP contribution >= 0.6 is 35.0 Å². The molecule has 0 aliphatic heterocycles. The molecule has 1 aromatic heterocycles. The zero-order chi connectivity index (χ0) is 25.7. The molecule has 0 saturated heterocycles. The van der Waals surface area contributed by atoms with Gasteiger partial charge in [0.25, 0.3) is 5.91 Å². The molecule has 2 amide bonds. The Morgan fingerprint density at radius 2 is 1.80 bits per heavy atom. The number of hydrogen-bond donors (Lipinski definition) is 2. The van der Waals surface area contributed by atoms with E-state index in [0.29, 0.717) is 28.1 Å². The third-order valence-corrected chi connectivity index (χ3v) is 7.11. The lowest BCUT2D eigenvalue weighted by atomic mass is 10.0. The Labute approximate surface area is 220 Å². The fourth-order valence-corrected chi connectivity index (χ4v) is 4.81. The van der Waals surface area contributed by atoms with Crippen molar-refractivity contribution in [2.75, 3.05) is 11.1 Å². The highest BCUT2D eigenvalue weighted by atomic mass is 35.5. The number of benzene rings is 2. The lowest BCUT2D eigenvalue weighted by Crippen LogP contribution is -2.34. The number of aryl methyl sites for hydroxylation is 2. The molecule has 0 radical (unpaired) electrons. The maximum atomic E-state index is 13.0. The van der Waals surface area contributed by atoms with Gasteiger partial charge in [-0.05, 0) is 68.1 Å². The standard InChI is InChI=1S/C25H29Cl2N5O2S/c1-6-32-23(22(14(2)3)29-24(34)19-10-8-17(26)12-20(19)27)30-31-25(32)35-13-21(33)28-18-9-7-15(4)16(5)11-18/h7-12,14,22H,6,13H2,1-5H3,(H,28,33)(H,29,34)/t22-/m1/s1. The minimum absolute atomic E-state index is 0.0328. The Morgan fingerprint density at radius 3 is 2.43 bits per heavy atom. The second-order valence-electron chi connectivity index (χ2n) is 8.54. The number of thioether (sulfide) groups is 1. The third-order valence-electron chi connectivity index (χ3n) is 5.59. The van der Waals surface area contributed by atoms with Crippen molar-refractivity contribution >= 4 is 52.5 Å². The van der Waals surface area contributed by atoms with Crippen LogP contribution in [-0.4, -0.2) is 32.3 Å². The molecule has 1 atom stereocenters. The second kappa shape index (κ2) is 11.9. The fraction of sp³-hybridized carbons (Fsp3) is 0.360. The van der Waals surface area contributed by atoms with Crippen LogP contribution in [0.5, 0.6) is 0 Å². The summed E-state index contributed by atoms with van der Waals surface area (Å²) >= 11 is 13.5. The van der Waals surface area contributed by atoms with E-state index in [0.717, 1.165) is 11.3 Å². The topological polar surface area (TPSA) is 88.9 Å². The number of hydrogen-bond acceptors (Lipinski definition) is 5. The highest BCUT2D eigenvalue weighted by Crippen LogP contribution is 2.27. The molecule has 0 saturated carbocycles. The molecule has 0 aliphatic carbocycles. The lowest BCUT2D eigenvalue weighted by molar-refractivity contribution is -0.113. The maximum Gasteiger partial charge on any atom is 0.253 e. The first-order valence-corrected chi connectivity index (χ1v) is 13.0. The maximum absolute atomic E-state index is 13.0. The number of halogens is 2. The van der Waals surface area contributed by atoms with E-state index in [1.807, 2.05) is 57.4 Å². The smallest absolute Gasteiger partial charge is 0.253 e. The molecular weight excluding hydrogens is 505 g/mol. The van der Waals surface area contributed by atoms with Crippen molar-refractivity contribution in [1.29, 1.82) is 0 Å². The SMILES string of the molecule is CCn1c(SCC(=O)Nc2ccc(C)c(C)c2)nnc1[C@H](NC(=O)c1ccc(Cl)cc1Cl)C(C)C. The van der Waals surface area contributed by atoms with Crippen molar-refractivity contribution in [3.63, 3.8) is 0 Å². The Kier molecular flexibility index (Phi) is 9.21. The van der Waals surface area contributed by atoms with Crippen LogP contribution in [0.15, 0.2) is 41.6 Å². The highest BCUT2D eigenvalue weighted by molar-refractivity contribution is 7.99. The monoisotopic (exact) mass is 533 g/mol. The van der Waals surface area contributed by atoms with Gasteiger partial charge in [-0.25, -0.2) is 0 Å². The van der Waals surface area contributed by atoms with Crippen molar-refractivity contribution in [2.45, 2.75) is 52.4 Å². The summed E-state index contributed by atoms with van der Waals surface area (Å²) in [5, 5.41) is 16.0. The van der Waals surface area contributed by atoms with Crippen LogP contribution in [-0.2, 0) is 11.3 Å². The zero-order valence-corrected chi connectivity index (χ0v) is 22.7. The Hall–Kier alpha value is -2.55. The van der Waals surface area contributed by atoms with Crippen LogP contribution < -0.4 is 10.6 Å². The van der Waals surface area contributed by atoms with Gasteiger partial charge < -0.3 is 15.2 Å². The number of nitrogens with one attached hydrogen (secondary N) is 2. The Bertz CT molecular complexity index is 1230. The predicted octanol–water partition coefficient (Wildman–Crippen LogP) is 6.08. The summed E-state index contributed by atoms with van der Waals surface area (Å²) in [6, 6.07) is 10.2. The minimum atomic E-state index is -0.402. The first-order valence-electron chi connectivity index (χ1n) is 11.3. The molecule has 35 heavy (non-hydrogen) atoms. The summed E-state index contributed by atoms with van der Waals surface area (Å²) in [6.07, 6.45) is 0. The van der Waals surface area contributed by atoms with Gasteiger partial charge in [-0.2, -0.15) is 0 Å². The Morgan fingerprint density at radius 1 is 1.06 bits per heavy atom. The van der Waals surface area contributed by atoms with E-state index in [9.17, 15) is 9.59 Å². The molecule has 7 nitrogen and oxygen atoms in total. The molecule has 0 fully saturated rings. The number of rotatable bonds is 9. The number of anilines is 1. The number of carbonyl (C=O) groups is 2. The summed E-state index contributed by atoms with van der Waals surface area (Å²) in [4.78, 5) is 25.5. The molecule has 2 aromatic carbocycles. The van der Waals surface area contributed by atoms with Gasteiger partial charge in [0.2, 0.25) is 5.91 Å². The molecule has 1 heterocycles. The number of nitrogens with zero attached hydrogens (tertiary/aromatic N) is 3. The van der Waals surface area contributed by atoms with Crippen molar-refractivity contribution in [1.82, 2.24) is 20.1 Å². The van der Waals surface area contributed by atoms with Crippen LogP contribution in [0, 0.1) is 19.8 Å². The average Bonchev–Trinajstić information content (AvgIpc) is 3.20. The lowest BCUT2D eigenvalue weighted by Gasteiger charge is -2.22. The summed E-state index contributed by atoms with van der Waals surface area (Å²) in [5.41, 5.74) is 3.39. The van der Waals surface area contributed by atoms with Crippen LogP contribution in [0.25, 0.3) is 0 Å². The predicted molar refractivity (Wildman–Crippen MR) is 142 cm³/mol. The number of carbonyl (C=O) groups excluding carboxylic acids is 2. The van der Waals surface area contributed by atoms with E-state index in [1.165, 1.54) is 23.4 Å². The Balaban J connectivity index is 1.72. The highest BCUT2D eigenvalue weighted by Gasteiger charge is 2.27. The van der Waals surface area contributed by atoms with Crippen molar-refractivity contribution in [2.24, 2.45) is 5.92 Å². The first kappa shape index (κ1) is 27.0. The van der Waals surface area contributed by atoms with Gasteiger partial charge >= 0.3 is 0 Å². The summed E-state index contributed by atoms with van der Waals surface area (Å²) in [6.45, 7) is 10.6. The van der Waals surface area contributed by atoms with Gasteiger partial charge in [0.15, 0.2) is 11.0 Å². The van der Waals surface area contributed by atoms with Crippen LogP contribution in [0.4, 0.5) is 5.69 Å². The summed E-state index contributed by atoms with van der Waals surface area (Å²) in [5.74, 6) is 0.391. The van der Waals surface area contributed by atoms with Crippen LogP contribution in [0.2, 0.25) is 10.0 Å². The van der Waals surface area contributed by atoms with E-state index in [4.69, 9.17) is 23.2 Å². The van der Waals surface area contributed by atoms with Gasteiger partial charge in [-0.15, -0.1) is 10.2 Å². The molecule has 0 aliphatic rings. The van der Waals surface area contributed by atoms with Gasteiger partial charge in [0.1, 0.15) is 0 Å². The van der Waals surface area contributed by atoms with E-state index < -0.39 is 6.04 Å². The molecule has 0 spiro atoms. The van der Waals surface area contributed by atoms with Crippen LogP contribution in [0.3, 0.4) is 0 Å². The van der Waals surface area contributed by atoms with Gasteiger partial charge in [-0.3, -0.25) is 9.59 Å². The normalized spacial score (nSPS) is 12.0. The molecule has 186 valence electrons. The first-order chi connectivity index (χ1) is 16.6. The van der Waals surface area contributed by atoms with Crippen molar-refractivity contribution < 1.29 is 9.59 Å². The quantitative estimate of drug-likeness (QED) is 0.325. The molecule has 3 rings (SSSR count). The summed E-state index contributed by atoms with van der Waals surface area (Å²) < 4.78 is 1.92. The van der Waals surface area contributed by atoms with E-state index in [2.05, 4.69) is 20.8 Å². The van der Waals surface area contributed by atoms with Gasteiger partial charge in [-0.1, -0.05) is 54.9 Å². The van der Waals surface area contributed by atoms with Crippen molar-refractivity contribution in [3.8, 4) is 0 Å². The number of aromatic nitrogens is 3. The molecule has 2 N–H and O–H groups in total. The molecule has 3 aromatic rings. The number of amides is 2. The minimum Gasteiger partial charge on any atom is -0.342 e. The molecule has 10 heteroatoms. The van der Waals surface area contributed by atoms with Crippen molar-refractivity contribution in [3.05, 3.63) is 69.0 Å². The van der Waals surface area contributed by atoms with Gasteiger partial charge in [0.05, 0.1) is 22.4 Å². The largest absolute Gasteiger partial charge is 0.342 e. The van der Waals surface area contributed by atoms with Crippen LogP contribution in [0.1, 0.15) is 54.1 Å². The van der Waals surface area contributed by atoms with Gasteiger partial charge in [0, 0.05) is 17.3 Å². The van der Waals surface area contributed by atoms with E-state index in [1.54, 1.807) is 12.1 Å². The fourth-order valence-electron chi connectivity index (χ4n) is 3.50. The molecular formula is C25H29Cl2N5O2S. The van der Waals surface area contributed by atoms with E-state index >= 15 is 0 Å². The molecule has 0 bridgehead atoms. The molecule has 0 unspecified atom stereocenters.